The summed E-state index contributed by atoms with van der Waals surface area (Å²) in [7, 11) is 0. The highest BCUT2D eigenvalue weighted by atomic mass is 16.2. The first kappa shape index (κ1) is 21.8. The summed E-state index contributed by atoms with van der Waals surface area (Å²) in [5.74, 6) is 0.715. The van der Waals surface area contributed by atoms with E-state index in [4.69, 9.17) is 0 Å². The van der Waals surface area contributed by atoms with Gasteiger partial charge in [0.2, 0.25) is 5.91 Å². The van der Waals surface area contributed by atoms with Gasteiger partial charge < -0.3 is 9.80 Å². The lowest BCUT2D eigenvalue weighted by molar-refractivity contribution is -0.132. The van der Waals surface area contributed by atoms with E-state index in [1.807, 2.05) is 89.8 Å². The molecular formula is C29H28N4O. The van der Waals surface area contributed by atoms with E-state index in [0.717, 1.165) is 41.3 Å². The third-order valence-corrected chi connectivity index (χ3v) is 6.50. The van der Waals surface area contributed by atoms with Crippen LogP contribution in [-0.2, 0) is 4.79 Å². The molecule has 4 aromatic rings. The highest BCUT2D eigenvalue weighted by molar-refractivity contribution is 5.87. The molecule has 0 unspecified atom stereocenters. The van der Waals surface area contributed by atoms with Crippen LogP contribution in [0.15, 0.2) is 97.1 Å². The highest BCUT2D eigenvalue weighted by Gasteiger charge is 2.30. The van der Waals surface area contributed by atoms with Crippen LogP contribution in [0.3, 0.4) is 0 Å². The number of benzene rings is 3. The molecule has 1 amide bonds. The smallest absolute Gasteiger partial charge is 0.234 e. The summed E-state index contributed by atoms with van der Waals surface area (Å²) < 4.78 is 0. The molecule has 34 heavy (non-hydrogen) atoms. The molecule has 0 aliphatic carbocycles. The first-order valence-electron chi connectivity index (χ1n) is 11.7. The van der Waals surface area contributed by atoms with Crippen molar-refractivity contribution >= 4 is 11.7 Å². The van der Waals surface area contributed by atoms with Gasteiger partial charge in [0.15, 0.2) is 5.82 Å². The van der Waals surface area contributed by atoms with Crippen molar-refractivity contribution in [3.05, 3.63) is 114 Å². The second-order valence-electron chi connectivity index (χ2n) is 8.66. The van der Waals surface area contributed by atoms with Gasteiger partial charge >= 0.3 is 0 Å². The van der Waals surface area contributed by atoms with Crippen molar-refractivity contribution in [3.63, 3.8) is 0 Å². The Bertz CT molecular complexity index is 1190. The van der Waals surface area contributed by atoms with Gasteiger partial charge in [0.1, 0.15) is 0 Å². The van der Waals surface area contributed by atoms with Crippen molar-refractivity contribution in [1.29, 1.82) is 0 Å². The minimum Gasteiger partial charge on any atom is -0.352 e. The van der Waals surface area contributed by atoms with E-state index >= 15 is 0 Å². The predicted octanol–water partition coefficient (Wildman–Crippen LogP) is 4.93. The molecule has 1 fully saturated rings. The van der Waals surface area contributed by atoms with Gasteiger partial charge in [-0.25, -0.2) is 0 Å². The van der Waals surface area contributed by atoms with E-state index in [-0.39, 0.29) is 11.8 Å². The van der Waals surface area contributed by atoms with Gasteiger partial charge in [-0.1, -0.05) is 84.9 Å². The molecule has 2 heterocycles. The summed E-state index contributed by atoms with van der Waals surface area (Å²) in [6, 6.07) is 32.4. The normalized spacial score (nSPS) is 13.8. The van der Waals surface area contributed by atoms with E-state index in [9.17, 15) is 4.79 Å². The standard InChI is InChI=1S/C29H28N4O/c1-22-10-8-9-15-25(22)26-16-17-27(31-30-26)32-18-20-33(21-19-32)29(34)28(23-11-4-2-5-12-23)24-13-6-3-7-14-24/h2-17,28H,18-21H2,1H3. The lowest BCUT2D eigenvalue weighted by Crippen LogP contribution is -2.50. The fourth-order valence-electron chi connectivity index (χ4n) is 4.60. The number of hydrogen-bond donors (Lipinski definition) is 0. The number of piperazine rings is 1. The zero-order valence-electron chi connectivity index (χ0n) is 19.3. The Morgan fingerprint density at radius 1 is 0.706 bits per heavy atom. The molecule has 5 nitrogen and oxygen atoms in total. The predicted molar refractivity (Wildman–Crippen MR) is 136 cm³/mol. The Kier molecular flexibility index (Phi) is 6.34. The van der Waals surface area contributed by atoms with Gasteiger partial charge in [0, 0.05) is 31.7 Å². The molecular weight excluding hydrogens is 420 g/mol. The molecule has 3 aromatic carbocycles. The number of aromatic nitrogens is 2. The number of carbonyl (C=O) groups excluding carboxylic acids is 1. The van der Waals surface area contributed by atoms with Gasteiger partial charge in [0.25, 0.3) is 0 Å². The molecule has 1 aromatic heterocycles. The molecule has 0 N–H and O–H groups in total. The van der Waals surface area contributed by atoms with Crippen molar-refractivity contribution in [3.8, 4) is 11.3 Å². The van der Waals surface area contributed by atoms with Gasteiger partial charge in [0.05, 0.1) is 11.6 Å². The highest BCUT2D eigenvalue weighted by Crippen LogP contribution is 2.28. The quantitative estimate of drug-likeness (QED) is 0.434. The Hall–Kier alpha value is -3.99. The van der Waals surface area contributed by atoms with Crippen LogP contribution in [0, 0.1) is 6.92 Å². The van der Waals surface area contributed by atoms with Gasteiger partial charge in [-0.05, 0) is 35.7 Å². The van der Waals surface area contributed by atoms with Gasteiger partial charge in [-0.2, -0.15) is 0 Å². The summed E-state index contributed by atoms with van der Waals surface area (Å²) in [5, 5.41) is 8.97. The number of amides is 1. The van der Waals surface area contributed by atoms with Crippen LogP contribution in [0.25, 0.3) is 11.3 Å². The van der Waals surface area contributed by atoms with Crippen LogP contribution in [0.5, 0.6) is 0 Å². The van der Waals surface area contributed by atoms with E-state index in [1.165, 1.54) is 5.56 Å². The number of aryl methyl sites for hydroxylation is 1. The Morgan fingerprint density at radius 3 is 1.85 bits per heavy atom. The summed E-state index contributed by atoms with van der Waals surface area (Å²) in [6.45, 7) is 4.88. The minimum absolute atomic E-state index is 0.151. The molecule has 0 atom stereocenters. The number of hydrogen-bond acceptors (Lipinski definition) is 4. The van der Waals surface area contributed by atoms with Gasteiger partial charge in [-0.15, -0.1) is 10.2 Å². The number of carbonyl (C=O) groups is 1. The first-order valence-corrected chi connectivity index (χ1v) is 11.7. The largest absolute Gasteiger partial charge is 0.352 e. The average molecular weight is 449 g/mol. The Labute approximate surface area is 200 Å². The Morgan fingerprint density at radius 2 is 1.29 bits per heavy atom. The number of anilines is 1. The van der Waals surface area contributed by atoms with Crippen LogP contribution in [0.1, 0.15) is 22.6 Å². The zero-order chi connectivity index (χ0) is 23.3. The Balaban J connectivity index is 1.29. The molecule has 5 rings (SSSR count). The van der Waals surface area contributed by atoms with Crippen LogP contribution >= 0.6 is 0 Å². The molecule has 0 bridgehead atoms. The van der Waals surface area contributed by atoms with E-state index in [0.29, 0.717) is 13.1 Å². The fraction of sp³-hybridized carbons (Fsp3) is 0.207. The summed E-state index contributed by atoms with van der Waals surface area (Å²) in [4.78, 5) is 17.8. The number of rotatable bonds is 5. The van der Waals surface area contributed by atoms with Gasteiger partial charge in [-0.3, -0.25) is 4.79 Å². The molecule has 0 radical (unpaired) electrons. The SMILES string of the molecule is Cc1ccccc1-c1ccc(N2CCN(C(=O)C(c3ccccc3)c3ccccc3)CC2)nn1. The van der Waals surface area contributed by atoms with Crippen LogP contribution in [0.4, 0.5) is 5.82 Å². The molecule has 0 spiro atoms. The first-order chi connectivity index (χ1) is 16.7. The van der Waals surface area contributed by atoms with Crippen molar-refractivity contribution in [2.24, 2.45) is 0 Å². The van der Waals surface area contributed by atoms with Crippen LogP contribution < -0.4 is 4.90 Å². The average Bonchev–Trinajstić information content (AvgIpc) is 2.91. The number of nitrogens with zero attached hydrogens (tertiary/aromatic N) is 4. The maximum Gasteiger partial charge on any atom is 0.234 e. The van der Waals surface area contributed by atoms with Crippen LogP contribution in [0.2, 0.25) is 0 Å². The summed E-state index contributed by atoms with van der Waals surface area (Å²) in [5.41, 5.74) is 5.22. The van der Waals surface area contributed by atoms with Crippen molar-refractivity contribution in [2.45, 2.75) is 12.8 Å². The second-order valence-corrected chi connectivity index (χ2v) is 8.66. The molecule has 1 aliphatic heterocycles. The maximum atomic E-state index is 13.7. The third-order valence-electron chi connectivity index (χ3n) is 6.50. The third kappa shape index (κ3) is 4.55. The summed E-state index contributed by atoms with van der Waals surface area (Å²) in [6.07, 6.45) is 0. The van der Waals surface area contributed by atoms with E-state index < -0.39 is 0 Å². The second kappa shape index (κ2) is 9.87. The van der Waals surface area contributed by atoms with Crippen molar-refractivity contribution in [1.82, 2.24) is 15.1 Å². The fourth-order valence-corrected chi connectivity index (χ4v) is 4.60. The molecule has 170 valence electrons. The molecule has 1 saturated heterocycles. The topological polar surface area (TPSA) is 49.3 Å². The monoisotopic (exact) mass is 448 g/mol. The minimum atomic E-state index is -0.290. The lowest BCUT2D eigenvalue weighted by atomic mass is 9.90. The van der Waals surface area contributed by atoms with E-state index in [2.05, 4.69) is 34.2 Å². The van der Waals surface area contributed by atoms with Crippen LogP contribution in [-0.4, -0.2) is 47.2 Å². The molecule has 0 saturated carbocycles. The lowest BCUT2D eigenvalue weighted by Gasteiger charge is -2.37. The van der Waals surface area contributed by atoms with E-state index in [1.54, 1.807) is 0 Å². The molecule has 1 aliphatic rings. The summed E-state index contributed by atoms with van der Waals surface area (Å²) >= 11 is 0. The van der Waals surface area contributed by atoms with Crippen molar-refractivity contribution in [2.75, 3.05) is 31.1 Å². The van der Waals surface area contributed by atoms with Crippen molar-refractivity contribution < 1.29 is 4.79 Å². The zero-order valence-corrected chi connectivity index (χ0v) is 19.3. The maximum absolute atomic E-state index is 13.7. The molecule has 5 heteroatoms.